The number of carboxylic acids is 1. The second kappa shape index (κ2) is 5.96. The maximum atomic E-state index is 11.3. The molecule has 2 N–H and O–H groups in total. The summed E-state index contributed by atoms with van der Waals surface area (Å²) in [5.74, 6) is -0.704. The lowest BCUT2D eigenvalue weighted by molar-refractivity contribution is -0.140. The van der Waals surface area contributed by atoms with Crippen molar-refractivity contribution in [1.82, 2.24) is 0 Å². The zero-order valence-corrected chi connectivity index (χ0v) is 10.8. The average molecular weight is 254 g/mol. The van der Waals surface area contributed by atoms with Gasteiger partial charge in [-0.25, -0.2) is 0 Å². The van der Waals surface area contributed by atoms with E-state index in [1.54, 1.807) is 24.3 Å². The van der Waals surface area contributed by atoms with Gasteiger partial charge in [-0.05, 0) is 30.5 Å². The molecule has 0 bridgehead atoms. The molecular formula is C13H18O3S. The minimum atomic E-state index is -1.02. The molecule has 0 heterocycles. The van der Waals surface area contributed by atoms with Crippen LogP contribution in [0.5, 0.6) is 5.75 Å². The lowest BCUT2D eigenvalue weighted by Gasteiger charge is -2.23. The van der Waals surface area contributed by atoms with Gasteiger partial charge in [-0.1, -0.05) is 31.9 Å². The Hall–Kier alpha value is -1.16. The summed E-state index contributed by atoms with van der Waals surface area (Å²) in [5.41, 5.74) is 0.872. The third kappa shape index (κ3) is 3.97. The maximum Gasteiger partial charge on any atom is 0.319 e. The molecule has 0 saturated carbocycles. The lowest BCUT2D eigenvalue weighted by atomic mass is 9.93. The molecule has 3 nitrogen and oxygen atoms in total. The summed E-state index contributed by atoms with van der Waals surface area (Å²) in [7, 11) is 0. The van der Waals surface area contributed by atoms with Crippen LogP contribution in [0, 0.1) is 0 Å². The van der Waals surface area contributed by atoms with Crippen LogP contribution in [0.15, 0.2) is 24.3 Å². The van der Waals surface area contributed by atoms with E-state index in [9.17, 15) is 15.0 Å². The van der Waals surface area contributed by atoms with Crippen molar-refractivity contribution in [3.63, 3.8) is 0 Å². The first-order chi connectivity index (χ1) is 7.98. The summed E-state index contributed by atoms with van der Waals surface area (Å²) in [6.45, 7) is 2.02. The zero-order valence-electron chi connectivity index (χ0n) is 9.89. The highest BCUT2D eigenvalue weighted by atomic mass is 32.1. The van der Waals surface area contributed by atoms with Crippen LogP contribution in [-0.4, -0.2) is 20.9 Å². The van der Waals surface area contributed by atoms with Crippen LogP contribution in [0.3, 0.4) is 0 Å². The molecule has 1 aromatic rings. The largest absolute Gasteiger partial charge is 0.508 e. The van der Waals surface area contributed by atoms with Gasteiger partial charge in [-0.15, -0.1) is 0 Å². The summed E-state index contributed by atoms with van der Waals surface area (Å²) >= 11 is 4.32. The van der Waals surface area contributed by atoms with Crippen molar-refractivity contribution in [2.24, 2.45) is 0 Å². The predicted molar refractivity (Wildman–Crippen MR) is 70.7 cm³/mol. The summed E-state index contributed by atoms with van der Waals surface area (Å²) < 4.78 is -1.02. The molecule has 0 amide bonds. The zero-order chi connectivity index (χ0) is 12.9. The van der Waals surface area contributed by atoms with Crippen LogP contribution in [0.25, 0.3) is 0 Å². The summed E-state index contributed by atoms with van der Waals surface area (Å²) in [5, 5.41) is 18.4. The second-order valence-electron chi connectivity index (χ2n) is 4.28. The van der Waals surface area contributed by atoms with Gasteiger partial charge in [0.25, 0.3) is 0 Å². The molecule has 0 aliphatic rings. The first-order valence-corrected chi connectivity index (χ1v) is 6.16. The molecule has 4 heteroatoms. The molecule has 0 saturated heterocycles. The van der Waals surface area contributed by atoms with Gasteiger partial charge in [0.05, 0.1) is 0 Å². The van der Waals surface area contributed by atoms with Crippen LogP contribution in [0.1, 0.15) is 31.7 Å². The maximum absolute atomic E-state index is 11.3. The van der Waals surface area contributed by atoms with E-state index in [-0.39, 0.29) is 5.75 Å². The van der Waals surface area contributed by atoms with Gasteiger partial charge in [0.1, 0.15) is 10.5 Å². The van der Waals surface area contributed by atoms with Crippen LogP contribution in [-0.2, 0) is 11.2 Å². The number of thiol groups is 1. The van der Waals surface area contributed by atoms with Crippen LogP contribution >= 0.6 is 12.6 Å². The summed E-state index contributed by atoms with van der Waals surface area (Å²) in [6, 6.07) is 6.58. The van der Waals surface area contributed by atoms with Crippen molar-refractivity contribution in [1.29, 1.82) is 0 Å². The van der Waals surface area contributed by atoms with Crippen LogP contribution in [0.4, 0.5) is 0 Å². The molecule has 0 fully saturated rings. The van der Waals surface area contributed by atoms with Crippen molar-refractivity contribution in [3.8, 4) is 5.75 Å². The number of carbonyl (C=O) groups is 1. The Morgan fingerprint density at radius 3 is 2.41 bits per heavy atom. The first kappa shape index (κ1) is 13.9. The Labute approximate surface area is 107 Å². The monoisotopic (exact) mass is 254 g/mol. The highest BCUT2D eigenvalue weighted by molar-refractivity contribution is 7.82. The number of phenols is 1. The highest BCUT2D eigenvalue weighted by Crippen LogP contribution is 2.28. The summed E-state index contributed by atoms with van der Waals surface area (Å²) in [4.78, 5) is 11.3. The number of aromatic hydroxyl groups is 1. The Kier molecular flexibility index (Phi) is 4.87. The Bertz CT molecular complexity index is 375. The van der Waals surface area contributed by atoms with Crippen molar-refractivity contribution >= 4 is 18.6 Å². The Morgan fingerprint density at radius 1 is 1.35 bits per heavy atom. The van der Waals surface area contributed by atoms with E-state index < -0.39 is 10.7 Å². The third-order valence-corrected chi connectivity index (χ3v) is 3.35. The molecule has 0 spiro atoms. The van der Waals surface area contributed by atoms with Crippen molar-refractivity contribution in [2.75, 3.05) is 0 Å². The standard InChI is InChI=1S/C13H18O3S/c1-2-3-8-13(17,12(15)16)9-10-4-6-11(14)7-5-10/h4-7,14,17H,2-3,8-9H2,1H3,(H,15,16). The van der Waals surface area contributed by atoms with Gasteiger partial charge in [0.2, 0.25) is 0 Å². The predicted octanol–water partition coefficient (Wildman–Crippen LogP) is 2.88. The van der Waals surface area contributed by atoms with Gasteiger partial charge in [0, 0.05) is 0 Å². The van der Waals surface area contributed by atoms with E-state index in [1.165, 1.54) is 0 Å². The fourth-order valence-electron chi connectivity index (χ4n) is 1.69. The number of hydrogen-bond donors (Lipinski definition) is 3. The molecule has 0 radical (unpaired) electrons. The highest BCUT2D eigenvalue weighted by Gasteiger charge is 2.33. The molecular weight excluding hydrogens is 236 g/mol. The van der Waals surface area contributed by atoms with Crippen molar-refractivity contribution in [3.05, 3.63) is 29.8 Å². The SMILES string of the molecule is CCCCC(S)(Cc1ccc(O)cc1)C(=O)O. The number of hydrogen-bond acceptors (Lipinski definition) is 3. The fourth-order valence-corrected chi connectivity index (χ4v) is 2.03. The number of phenolic OH excluding ortho intramolecular Hbond substituents is 1. The third-order valence-electron chi connectivity index (χ3n) is 2.77. The number of benzene rings is 1. The van der Waals surface area contributed by atoms with Gasteiger partial charge in [0.15, 0.2) is 0 Å². The summed E-state index contributed by atoms with van der Waals surface area (Å²) in [6.07, 6.45) is 2.70. The van der Waals surface area contributed by atoms with E-state index >= 15 is 0 Å². The lowest BCUT2D eigenvalue weighted by Crippen LogP contribution is -2.35. The van der Waals surface area contributed by atoms with Crippen molar-refractivity contribution < 1.29 is 15.0 Å². The molecule has 1 rings (SSSR count). The molecule has 1 aromatic carbocycles. The van der Waals surface area contributed by atoms with E-state index in [2.05, 4.69) is 12.6 Å². The molecule has 1 unspecified atom stereocenters. The number of rotatable bonds is 6. The Balaban J connectivity index is 2.79. The number of unbranched alkanes of at least 4 members (excludes halogenated alkanes) is 1. The minimum Gasteiger partial charge on any atom is -0.508 e. The van der Waals surface area contributed by atoms with E-state index in [0.29, 0.717) is 12.8 Å². The molecule has 17 heavy (non-hydrogen) atoms. The van der Waals surface area contributed by atoms with Gasteiger partial charge >= 0.3 is 5.97 Å². The van der Waals surface area contributed by atoms with Gasteiger partial charge in [-0.2, -0.15) is 12.6 Å². The van der Waals surface area contributed by atoms with Crippen LogP contribution in [0.2, 0.25) is 0 Å². The van der Waals surface area contributed by atoms with Crippen LogP contribution < -0.4 is 0 Å². The molecule has 1 atom stereocenters. The second-order valence-corrected chi connectivity index (χ2v) is 5.14. The Morgan fingerprint density at radius 2 is 1.94 bits per heavy atom. The van der Waals surface area contributed by atoms with Crippen molar-refractivity contribution in [2.45, 2.75) is 37.4 Å². The number of carboxylic acid groups (broad SMARTS) is 1. The molecule has 0 aliphatic carbocycles. The molecule has 94 valence electrons. The van der Waals surface area contributed by atoms with Gasteiger partial charge in [-0.3, -0.25) is 4.79 Å². The minimum absolute atomic E-state index is 0.183. The molecule has 0 aliphatic heterocycles. The van der Waals surface area contributed by atoms with E-state index in [0.717, 1.165) is 18.4 Å². The van der Waals surface area contributed by atoms with E-state index in [4.69, 9.17) is 0 Å². The normalized spacial score (nSPS) is 14.2. The smallest absolute Gasteiger partial charge is 0.319 e. The van der Waals surface area contributed by atoms with E-state index in [1.807, 2.05) is 6.92 Å². The topological polar surface area (TPSA) is 57.5 Å². The first-order valence-electron chi connectivity index (χ1n) is 5.71. The molecule has 0 aromatic heterocycles. The fraction of sp³-hybridized carbons (Fsp3) is 0.462. The van der Waals surface area contributed by atoms with Gasteiger partial charge < -0.3 is 10.2 Å². The number of aliphatic carboxylic acids is 1. The quantitative estimate of drug-likeness (QED) is 0.684. The average Bonchev–Trinajstić information content (AvgIpc) is 2.29.